The quantitative estimate of drug-likeness (QED) is 0.330. The molecule has 35 heavy (non-hydrogen) atoms. The maximum absolute atomic E-state index is 13.9. The third-order valence-corrected chi connectivity index (χ3v) is 6.07. The van der Waals surface area contributed by atoms with E-state index in [1.807, 2.05) is 0 Å². The number of hydrogen-bond acceptors (Lipinski definition) is 8. The van der Waals surface area contributed by atoms with Gasteiger partial charge in [-0.05, 0) is 37.3 Å². The number of ketones is 1. The molecule has 1 saturated carbocycles. The number of carbonyl (C=O) groups excluding carboxylic acids is 1. The van der Waals surface area contributed by atoms with Crippen LogP contribution in [0.4, 0.5) is 19.0 Å². The SMILES string of the molecule is NS(=O)(=O)OC[C@@H]1CC[C@H](Nc2ncncc2C(=O)c2ccn(Cc3cc(F)c(F)cc3F)n2)C1. The molecule has 1 aliphatic carbocycles. The molecule has 0 radical (unpaired) electrons. The number of aromatic nitrogens is 4. The lowest BCUT2D eigenvalue weighted by Gasteiger charge is -2.15. The zero-order chi connectivity index (χ0) is 25.2. The van der Waals surface area contributed by atoms with E-state index in [0.717, 1.165) is 6.07 Å². The monoisotopic (exact) mass is 510 g/mol. The van der Waals surface area contributed by atoms with Crippen molar-refractivity contribution in [2.45, 2.75) is 31.8 Å². The Morgan fingerprint density at radius 2 is 1.97 bits per heavy atom. The molecule has 186 valence electrons. The highest BCUT2D eigenvalue weighted by atomic mass is 32.2. The van der Waals surface area contributed by atoms with E-state index in [-0.39, 0.29) is 47.8 Å². The molecule has 1 aromatic carbocycles. The Labute approximate surface area is 198 Å². The fourth-order valence-electron chi connectivity index (χ4n) is 3.92. The summed E-state index contributed by atoms with van der Waals surface area (Å²) in [6.07, 6.45) is 6.01. The molecule has 0 bridgehead atoms. The van der Waals surface area contributed by atoms with Crippen LogP contribution < -0.4 is 10.5 Å². The Morgan fingerprint density at radius 1 is 1.20 bits per heavy atom. The molecule has 0 amide bonds. The smallest absolute Gasteiger partial charge is 0.333 e. The van der Waals surface area contributed by atoms with Gasteiger partial charge in [-0.3, -0.25) is 13.7 Å². The van der Waals surface area contributed by atoms with Crippen LogP contribution in [0.5, 0.6) is 0 Å². The molecular weight excluding hydrogens is 489 g/mol. The van der Waals surface area contributed by atoms with Gasteiger partial charge in [0.25, 0.3) is 0 Å². The third-order valence-electron chi connectivity index (χ3n) is 5.60. The Kier molecular flexibility index (Phi) is 7.14. The van der Waals surface area contributed by atoms with Gasteiger partial charge >= 0.3 is 10.3 Å². The fraction of sp³-hybridized carbons (Fsp3) is 0.333. The van der Waals surface area contributed by atoms with E-state index in [4.69, 9.17) is 5.14 Å². The van der Waals surface area contributed by atoms with Crippen molar-refractivity contribution in [2.75, 3.05) is 11.9 Å². The highest BCUT2D eigenvalue weighted by Gasteiger charge is 2.28. The highest BCUT2D eigenvalue weighted by molar-refractivity contribution is 7.84. The summed E-state index contributed by atoms with van der Waals surface area (Å²) in [6.45, 7) is -0.237. The summed E-state index contributed by atoms with van der Waals surface area (Å²) in [5.41, 5.74) is 0.0521. The van der Waals surface area contributed by atoms with Crippen LogP contribution in [0.15, 0.2) is 36.9 Å². The minimum Gasteiger partial charge on any atom is -0.367 e. The van der Waals surface area contributed by atoms with Crippen molar-refractivity contribution in [1.82, 2.24) is 19.7 Å². The number of benzene rings is 1. The summed E-state index contributed by atoms with van der Waals surface area (Å²) in [5.74, 6) is -3.66. The van der Waals surface area contributed by atoms with E-state index >= 15 is 0 Å². The van der Waals surface area contributed by atoms with Gasteiger partial charge in [0, 0.05) is 30.1 Å². The summed E-state index contributed by atoms with van der Waals surface area (Å²) in [6, 6.07) is 2.52. The van der Waals surface area contributed by atoms with Crippen molar-refractivity contribution in [2.24, 2.45) is 11.1 Å². The Hall–Kier alpha value is -3.36. The summed E-state index contributed by atoms with van der Waals surface area (Å²) < 4.78 is 68.4. The predicted molar refractivity (Wildman–Crippen MR) is 117 cm³/mol. The number of hydrogen-bond donors (Lipinski definition) is 2. The second-order valence-corrected chi connectivity index (χ2v) is 9.39. The van der Waals surface area contributed by atoms with Gasteiger partial charge in [-0.25, -0.2) is 28.3 Å². The van der Waals surface area contributed by atoms with Crippen LogP contribution in [-0.4, -0.2) is 46.6 Å². The van der Waals surface area contributed by atoms with E-state index in [1.54, 1.807) is 0 Å². The number of nitrogens with two attached hydrogens (primary N) is 1. The average molecular weight is 510 g/mol. The molecule has 4 rings (SSSR count). The van der Waals surface area contributed by atoms with Gasteiger partial charge in [0.1, 0.15) is 23.7 Å². The van der Waals surface area contributed by atoms with Crippen LogP contribution in [0.2, 0.25) is 0 Å². The largest absolute Gasteiger partial charge is 0.367 e. The van der Waals surface area contributed by atoms with Crippen LogP contribution in [0, 0.1) is 23.4 Å². The molecule has 0 spiro atoms. The molecule has 3 N–H and O–H groups in total. The fourth-order valence-corrected chi connectivity index (χ4v) is 4.30. The van der Waals surface area contributed by atoms with Crippen molar-refractivity contribution in [3.63, 3.8) is 0 Å². The molecule has 14 heteroatoms. The first-order valence-electron chi connectivity index (χ1n) is 10.5. The number of anilines is 1. The molecular formula is C21H21F3N6O4S. The van der Waals surface area contributed by atoms with E-state index in [1.165, 1.54) is 29.5 Å². The summed E-state index contributed by atoms with van der Waals surface area (Å²) in [5, 5.41) is 12.2. The van der Waals surface area contributed by atoms with Crippen molar-refractivity contribution >= 4 is 21.9 Å². The van der Waals surface area contributed by atoms with Gasteiger partial charge in [0.15, 0.2) is 11.6 Å². The Morgan fingerprint density at radius 3 is 2.74 bits per heavy atom. The molecule has 1 fully saturated rings. The first-order valence-corrected chi connectivity index (χ1v) is 12.0. The molecule has 0 unspecified atom stereocenters. The van der Waals surface area contributed by atoms with Gasteiger partial charge in [0.2, 0.25) is 5.78 Å². The summed E-state index contributed by atoms with van der Waals surface area (Å²) >= 11 is 0. The van der Waals surface area contributed by atoms with Gasteiger partial charge in [-0.15, -0.1) is 0 Å². The summed E-state index contributed by atoms with van der Waals surface area (Å²) in [4.78, 5) is 21.1. The van der Waals surface area contributed by atoms with Crippen molar-refractivity contribution in [3.05, 3.63) is 71.2 Å². The molecule has 2 atom stereocenters. The molecule has 0 saturated heterocycles. The molecule has 1 aliphatic rings. The van der Waals surface area contributed by atoms with Crippen LogP contribution in [0.25, 0.3) is 0 Å². The van der Waals surface area contributed by atoms with E-state index in [0.29, 0.717) is 25.3 Å². The Balaban J connectivity index is 1.44. The lowest BCUT2D eigenvalue weighted by atomic mass is 10.1. The number of halogens is 3. The van der Waals surface area contributed by atoms with E-state index in [2.05, 4.69) is 24.6 Å². The second kappa shape index (κ2) is 10.1. The van der Waals surface area contributed by atoms with Crippen molar-refractivity contribution in [1.29, 1.82) is 0 Å². The maximum Gasteiger partial charge on any atom is 0.333 e. The number of rotatable bonds is 9. The number of carbonyl (C=O) groups is 1. The van der Waals surface area contributed by atoms with Crippen molar-refractivity contribution < 1.29 is 30.6 Å². The molecule has 10 nitrogen and oxygen atoms in total. The van der Waals surface area contributed by atoms with Crippen LogP contribution in [0.3, 0.4) is 0 Å². The van der Waals surface area contributed by atoms with E-state index in [9.17, 15) is 26.4 Å². The molecule has 0 aliphatic heterocycles. The normalized spacial score (nSPS) is 18.1. The van der Waals surface area contributed by atoms with Crippen molar-refractivity contribution in [3.8, 4) is 0 Å². The average Bonchev–Trinajstić information content (AvgIpc) is 3.45. The first-order chi connectivity index (χ1) is 16.6. The summed E-state index contributed by atoms with van der Waals surface area (Å²) in [7, 11) is -4.01. The standard InChI is InChI=1S/C21H21F3N6O4S/c22-16-7-18(24)17(23)6-13(16)9-30-4-3-19(29-30)20(31)15-8-26-11-27-21(15)28-14-2-1-12(5-14)10-34-35(25,32)33/h3-4,6-8,11-12,14H,1-2,5,9-10H2,(H2,25,32,33)(H,26,27,28)/t12-,14+/m1/s1. The zero-order valence-corrected chi connectivity index (χ0v) is 19.0. The maximum atomic E-state index is 13.9. The highest BCUT2D eigenvalue weighted by Crippen LogP contribution is 2.29. The number of nitrogens with one attached hydrogen (secondary N) is 1. The lowest BCUT2D eigenvalue weighted by molar-refractivity contribution is 0.103. The van der Waals surface area contributed by atoms with Gasteiger partial charge in [0.05, 0.1) is 18.7 Å². The lowest BCUT2D eigenvalue weighted by Crippen LogP contribution is -2.22. The van der Waals surface area contributed by atoms with Gasteiger partial charge in [-0.2, -0.15) is 13.5 Å². The van der Waals surface area contributed by atoms with E-state index < -0.39 is 33.5 Å². The second-order valence-electron chi connectivity index (χ2n) is 8.17. The van der Waals surface area contributed by atoms with Crippen LogP contribution in [0.1, 0.15) is 40.9 Å². The predicted octanol–water partition coefficient (Wildman–Crippen LogP) is 2.17. The third kappa shape index (κ3) is 6.21. The van der Waals surface area contributed by atoms with Crippen LogP contribution in [-0.2, 0) is 21.0 Å². The molecule has 2 aromatic heterocycles. The van der Waals surface area contributed by atoms with Gasteiger partial charge < -0.3 is 5.32 Å². The first kappa shape index (κ1) is 24.8. The zero-order valence-electron chi connectivity index (χ0n) is 18.2. The number of nitrogens with zero attached hydrogens (tertiary/aromatic N) is 4. The minimum atomic E-state index is -4.01. The molecule has 2 heterocycles. The molecule has 3 aromatic rings. The minimum absolute atomic E-state index is 0.0247. The topological polar surface area (TPSA) is 142 Å². The van der Waals surface area contributed by atoms with Gasteiger partial charge in [-0.1, -0.05) is 0 Å². The van der Waals surface area contributed by atoms with Crippen LogP contribution >= 0.6 is 0 Å². The Bertz CT molecular complexity index is 1350.